The zero-order valence-corrected chi connectivity index (χ0v) is 12.4. The molecular weight excluding hydrogens is 321 g/mol. The minimum atomic E-state index is -2.87. The van der Waals surface area contributed by atoms with Crippen LogP contribution in [0.25, 0.3) is 0 Å². The van der Waals surface area contributed by atoms with Gasteiger partial charge in [-0.3, -0.25) is 0 Å². The van der Waals surface area contributed by atoms with Crippen LogP contribution in [-0.4, -0.2) is 26.0 Å². The maximum Gasteiger partial charge on any atom is 0.151 e. The standard InChI is InChI=1S/C12H15BrFNO2S/c1-8(11-3-2-9(14)6-12(11)13)15-10-4-5-18(16,17)7-10/h2-3,6,8,10,15H,4-5,7H2,1H3. The molecule has 0 bridgehead atoms. The van der Waals surface area contributed by atoms with Crippen molar-refractivity contribution >= 4 is 25.8 Å². The summed E-state index contributed by atoms with van der Waals surface area (Å²) < 4.78 is 36.4. The normalized spacial score (nSPS) is 24.1. The largest absolute Gasteiger partial charge is 0.306 e. The molecule has 1 saturated heterocycles. The summed E-state index contributed by atoms with van der Waals surface area (Å²) in [6.07, 6.45) is 0.644. The van der Waals surface area contributed by atoms with Crippen LogP contribution in [-0.2, 0) is 9.84 Å². The van der Waals surface area contributed by atoms with Gasteiger partial charge in [-0.2, -0.15) is 0 Å². The molecule has 3 nitrogen and oxygen atoms in total. The highest BCUT2D eigenvalue weighted by Gasteiger charge is 2.29. The van der Waals surface area contributed by atoms with Crippen molar-refractivity contribution < 1.29 is 12.8 Å². The van der Waals surface area contributed by atoms with Crippen molar-refractivity contribution in [1.29, 1.82) is 0 Å². The fourth-order valence-electron chi connectivity index (χ4n) is 2.22. The van der Waals surface area contributed by atoms with Gasteiger partial charge < -0.3 is 5.32 Å². The summed E-state index contributed by atoms with van der Waals surface area (Å²) in [6.45, 7) is 1.95. The second-order valence-electron chi connectivity index (χ2n) is 4.65. The predicted molar refractivity (Wildman–Crippen MR) is 72.7 cm³/mol. The Bertz CT molecular complexity index is 547. The Morgan fingerprint density at radius 1 is 1.50 bits per heavy atom. The Labute approximate surface area is 115 Å². The van der Waals surface area contributed by atoms with E-state index in [0.29, 0.717) is 10.9 Å². The quantitative estimate of drug-likeness (QED) is 0.922. The van der Waals surface area contributed by atoms with Crippen molar-refractivity contribution in [2.24, 2.45) is 0 Å². The minimum Gasteiger partial charge on any atom is -0.306 e. The summed E-state index contributed by atoms with van der Waals surface area (Å²) >= 11 is 3.32. The Balaban J connectivity index is 2.06. The van der Waals surface area contributed by atoms with E-state index in [1.54, 1.807) is 6.07 Å². The summed E-state index contributed by atoms with van der Waals surface area (Å²) in [5, 5.41) is 3.28. The molecule has 0 saturated carbocycles. The van der Waals surface area contributed by atoms with Gasteiger partial charge in [0, 0.05) is 16.6 Å². The Morgan fingerprint density at radius 2 is 2.22 bits per heavy atom. The molecule has 18 heavy (non-hydrogen) atoms. The van der Waals surface area contributed by atoms with Crippen molar-refractivity contribution in [2.75, 3.05) is 11.5 Å². The third-order valence-electron chi connectivity index (χ3n) is 3.15. The molecular formula is C12H15BrFNO2S. The number of benzene rings is 1. The lowest BCUT2D eigenvalue weighted by Gasteiger charge is -2.20. The van der Waals surface area contributed by atoms with Gasteiger partial charge in [0.1, 0.15) is 5.82 Å². The Kier molecular flexibility index (Phi) is 4.08. The van der Waals surface area contributed by atoms with Crippen LogP contribution in [0, 0.1) is 5.82 Å². The molecule has 2 rings (SSSR count). The number of rotatable bonds is 3. The topological polar surface area (TPSA) is 46.2 Å². The van der Waals surface area contributed by atoms with Gasteiger partial charge in [-0.15, -0.1) is 0 Å². The number of halogens is 2. The molecule has 2 atom stereocenters. The fourth-order valence-corrected chi connectivity index (χ4v) is 4.60. The van der Waals surface area contributed by atoms with E-state index in [1.807, 2.05) is 6.92 Å². The van der Waals surface area contributed by atoms with Crippen LogP contribution in [0.5, 0.6) is 0 Å². The van der Waals surface area contributed by atoms with Crippen LogP contribution >= 0.6 is 15.9 Å². The second-order valence-corrected chi connectivity index (χ2v) is 7.74. The van der Waals surface area contributed by atoms with Gasteiger partial charge in [0.15, 0.2) is 9.84 Å². The minimum absolute atomic E-state index is 0.0121. The molecule has 0 spiro atoms. The van der Waals surface area contributed by atoms with Gasteiger partial charge in [-0.1, -0.05) is 22.0 Å². The van der Waals surface area contributed by atoms with Crippen LogP contribution in [0.15, 0.2) is 22.7 Å². The van der Waals surface area contributed by atoms with Gasteiger partial charge in [0.25, 0.3) is 0 Å². The van der Waals surface area contributed by atoms with Crippen molar-refractivity contribution in [2.45, 2.75) is 25.4 Å². The first-order chi connectivity index (χ1) is 8.37. The Hall–Kier alpha value is -0.460. The van der Waals surface area contributed by atoms with Crippen molar-refractivity contribution in [1.82, 2.24) is 5.32 Å². The first kappa shape index (κ1) is 14.0. The molecule has 100 valence electrons. The SMILES string of the molecule is CC(NC1CCS(=O)(=O)C1)c1ccc(F)cc1Br. The van der Waals surface area contributed by atoms with E-state index in [9.17, 15) is 12.8 Å². The fraction of sp³-hybridized carbons (Fsp3) is 0.500. The molecule has 2 unspecified atom stereocenters. The third-order valence-corrected chi connectivity index (χ3v) is 5.60. The van der Waals surface area contributed by atoms with Crippen molar-refractivity contribution in [3.05, 3.63) is 34.1 Å². The highest BCUT2D eigenvalue weighted by Crippen LogP contribution is 2.25. The van der Waals surface area contributed by atoms with Gasteiger partial charge >= 0.3 is 0 Å². The molecule has 0 aromatic heterocycles. The van der Waals surface area contributed by atoms with E-state index in [4.69, 9.17) is 0 Å². The predicted octanol–water partition coefficient (Wildman–Crippen LogP) is 2.43. The average Bonchev–Trinajstić information content (AvgIpc) is 2.57. The zero-order chi connectivity index (χ0) is 13.3. The molecule has 0 amide bonds. The van der Waals surface area contributed by atoms with Crippen LogP contribution in [0.3, 0.4) is 0 Å². The molecule has 1 aliphatic heterocycles. The monoisotopic (exact) mass is 335 g/mol. The van der Waals surface area contributed by atoms with Crippen LogP contribution in [0.1, 0.15) is 24.9 Å². The molecule has 0 aliphatic carbocycles. The molecule has 1 aliphatic rings. The maximum absolute atomic E-state index is 13.0. The summed E-state index contributed by atoms with van der Waals surface area (Å²) in [6, 6.07) is 4.50. The van der Waals surface area contributed by atoms with E-state index in [-0.39, 0.29) is 29.4 Å². The van der Waals surface area contributed by atoms with E-state index in [0.717, 1.165) is 5.56 Å². The zero-order valence-electron chi connectivity index (χ0n) is 9.99. The number of nitrogens with one attached hydrogen (secondary N) is 1. The molecule has 6 heteroatoms. The van der Waals surface area contributed by atoms with Crippen LogP contribution in [0.2, 0.25) is 0 Å². The molecule has 1 fully saturated rings. The molecule has 1 heterocycles. The van der Waals surface area contributed by atoms with E-state index >= 15 is 0 Å². The van der Waals surface area contributed by atoms with Crippen molar-refractivity contribution in [3.63, 3.8) is 0 Å². The summed E-state index contributed by atoms with van der Waals surface area (Å²) in [5.41, 5.74) is 0.931. The summed E-state index contributed by atoms with van der Waals surface area (Å²) in [7, 11) is -2.87. The molecule has 1 aromatic rings. The van der Waals surface area contributed by atoms with Gasteiger partial charge in [-0.05, 0) is 31.0 Å². The number of sulfone groups is 1. The number of hydrogen-bond donors (Lipinski definition) is 1. The van der Waals surface area contributed by atoms with E-state index < -0.39 is 9.84 Å². The summed E-state index contributed by atoms with van der Waals surface area (Å²) in [4.78, 5) is 0. The Morgan fingerprint density at radius 3 is 2.78 bits per heavy atom. The first-order valence-electron chi connectivity index (χ1n) is 5.79. The molecule has 0 radical (unpaired) electrons. The van der Waals surface area contributed by atoms with E-state index in [1.165, 1.54) is 12.1 Å². The second kappa shape index (κ2) is 5.27. The van der Waals surface area contributed by atoms with Gasteiger partial charge in [-0.25, -0.2) is 12.8 Å². The lowest BCUT2D eigenvalue weighted by Crippen LogP contribution is -2.32. The average molecular weight is 336 g/mol. The molecule has 1 N–H and O–H groups in total. The number of hydrogen-bond acceptors (Lipinski definition) is 3. The van der Waals surface area contributed by atoms with Gasteiger partial charge in [0.2, 0.25) is 0 Å². The summed E-state index contributed by atoms with van der Waals surface area (Å²) in [5.74, 6) is 0.152. The van der Waals surface area contributed by atoms with E-state index in [2.05, 4.69) is 21.2 Å². The van der Waals surface area contributed by atoms with Gasteiger partial charge in [0.05, 0.1) is 11.5 Å². The lowest BCUT2D eigenvalue weighted by atomic mass is 10.1. The van der Waals surface area contributed by atoms with Crippen molar-refractivity contribution in [3.8, 4) is 0 Å². The lowest BCUT2D eigenvalue weighted by molar-refractivity contribution is 0.483. The highest BCUT2D eigenvalue weighted by atomic mass is 79.9. The molecule has 1 aromatic carbocycles. The smallest absolute Gasteiger partial charge is 0.151 e. The van der Waals surface area contributed by atoms with Crippen LogP contribution in [0.4, 0.5) is 4.39 Å². The first-order valence-corrected chi connectivity index (χ1v) is 8.40. The maximum atomic E-state index is 13.0. The highest BCUT2D eigenvalue weighted by molar-refractivity contribution is 9.10. The van der Waals surface area contributed by atoms with Crippen LogP contribution < -0.4 is 5.32 Å². The third kappa shape index (κ3) is 3.30.